The van der Waals surface area contributed by atoms with Gasteiger partial charge in [0.1, 0.15) is 12.4 Å². The Morgan fingerprint density at radius 1 is 1.05 bits per heavy atom. The van der Waals surface area contributed by atoms with E-state index in [1.807, 2.05) is 30.3 Å². The molecule has 0 aromatic heterocycles. The Labute approximate surface area is 126 Å². The lowest BCUT2D eigenvalue weighted by atomic mass is 10.1. The fourth-order valence-corrected chi connectivity index (χ4v) is 2.74. The third kappa shape index (κ3) is 3.76. The molecule has 3 rings (SSSR count). The van der Waals surface area contributed by atoms with E-state index in [0.29, 0.717) is 12.6 Å². The molecule has 3 heteroatoms. The van der Waals surface area contributed by atoms with Gasteiger partial charge in [-0.3, -0.25) is 0 Å². The monoisotopic (exact) mass is 282 g/mol. The molecule has 1 unspecified atom stereocenters. The third-order valence-electron chi connectivity index (χ3n) is 3.91. The molecule has 0 radical (unpaired) electrons. The molecule has 0 spiro atoms. The molecular formula is C18H22N2O. The van der Waals surface area contributed by atoms with E-state index in [4.69, 9.17) is 10.5 Å². The summed E-state index contributed by atoms with van der Waals surface area (Å²) in [6.07, 6.45) is 2.31. The van der Waals surface area contributed by atoms with Crippen LogP contribution in [0.2, 0.25) is 0 Å². The average molecular weight is 282 g/mol. The maximum Gasteiger partial charge on any atom is 0.119 e. The van der Waals surface area contributed by atoms with Crippen LogP contribution >= 0.6 is 0 Å². The van der Waals surface area contributed by atoms with Gasteiger partial charge in [-0.05, 0) is 42.7 Å². The SMILES string of the molecule is NC1CCCN(c2ccc(OCc3ccccc3)cc2)C1. The molecule has 1 saturated heterocycles. The van der Waals surface area contributed by atoms with E-state index < -0.39 is 0 Å². The summed E-state index contributed by atoms with van der Waals surface area (Å²) in [6, 6.07) is 18.8. The molecule has 21 heavy (non-hydrogen) atoms. The first-order chi connectivity index (χ1) is 10.3. The van der Waals surface area contributed by atoms with E-state index in [1.165, 1.54) is 17.7 Å². The van der Waals surface area contributed by atoms with E-state index >= 15 is 0 Å². The lowest BCUT2D eigenvalue weighted by Crippen LogP contribution is -2.42. The maximum atomic E-state index is 6.04. The lowest BCUT2D eigenvalue weighted by Gasteiger charge is -2.32. The van der Waals surface area contributed by atoms with Gasteiger partial charge in [-0.2, -0.15) is 0 Å². The number of nitrogens with zero attached hydrogens (tertiary/aromatic N) is 1. The topological polar surface area (TPSA) is 38.5 Å². The highest BCUT2D eigenvalue weighted by atomic mass is 16.5. The molecule has 110 valence electrons. The Hall–Kier alpha value is -2.00. The highest BCUT2D eigenvalue weighted by molar-refractivity contribution is 5.49. The standard InChI is InChI=1S/C18H22N2O/c19-16-7-4-12-20(13-16)17-8-10-18(11-9-17)21-14-15-5-2-1-3-6-15/h1-3,5-6,8-11,16H,4,7,12-14,19H2. The summed E-state index contributed by atoms with van der Waals surface area (Å²) in [6.45, 7) is 2.65. The summed E-state index contributed by atoms with van der Waals surface area (Å²) in [7, 11) is 0. The fraction of sp³-hybridized carbons (Fsp3) is 0.333. The van der Waals surface area contributed by atoms with Gasteiger partial charge >= 0.3 is 0 Å². The van der Waals surface area contributed by atoms with Crippen LogP contribution in [0.1, 0.15) is 18.4 Å². The summed E-state index contributed by atoms with van der Waals surface area (Å²) in [4.78, 5) is 2.36. The first kappa shape index (κ1) is 14.0. The minimum atomic E-state index is 0.299. The smallest absolute Gasteiger partial charge is 0.119 e. The first-order valence-corrected chi connectivity index (χ1v) is 7.58. The molecule has 3 nitrogen and oxygen atoms in total. The molecule has 1 heterocycles. The van der Waals surface area contributed by atoms with Gasteiger partial charge in [0.15, 0.2) is 0 Å². The van der Waals surface area contributed by atoms with Gasteiger partial charge in [-0.15, -0.1) is 0 Å². The highest BCUT2D eigenvalue weighted by Gasteiger charge is 2.16. The number of anilines is 1. The highest BCUT2D eigenvalue weighted by Crippen LogP contribution is 2.23. The molecule has 1 aliphatic heterocycles. The van der Waals surface area contributed by atoms with Crippen molar-refractivity contribution in [2.24, 2.45) is 5.73 Å². The second-order valence-corrected chi connectivity index (χ2v) is 5.62. The van der Waals surface area contributed by atoms with Crippen LogP contribution in [0.25, 0.3) is 0 Å². The Bertz CT molecular complexity index is 553. The van der Waals surface area contributed by atoms with Crippen molar-refractivity contribution in [3.8, 4) is 5.75 Å². The number of hydrogen-bond acceptors (Lipinski definition) is 3. The Morgan fingerprint density at radius 2 is 1.81 bits per heavy atom. The predicted molar refractivity (Wildman–Crippen MR) is 86.6 cm³/mol. The second kappa shape index (κ2) is 6.64. The van der Waals surface area contributed by atoms with Crippen molar-refractivity contribution in [1.82, 2.24) is 0 Å². The van der Waals surface area contributed by atoms with Crippen molar-refractivity contribution < 1.29 is 4.74 Å². The molecule has 1 fully saturated rings. The van der Waals surface area contributed by atoms with Crippen molar-refractivity contribution in [3.05, 3.63) is 60.2 Å². The van der Waals surface area contributed by atoms with Crippen LogP contribution < -0.4 is 15.4 Å². The molecule has 2 aromatic carbocycles. The number of nitrogens with two attached hydrogens (primary N) is 1. The van der Waals surface area contributed by atoms with Gasteiger partial charge in [0.05, 0.1) is 0 Å². The van der Waals surface area contributed by atoms with E-state index in [2.05, 4.69) is 29.2 Å². The molecule has 0 saturated carbocycles. The van der Waals surface area contributed by atoms with Gasteiger partial charge in [0.2, 0.25) is 0 Å². The quantitative estimate of drug-likeness (QED) is 0.936. The zero-order valence-electron chi connectivity index (χ0n) is 12.2. The minimum absolute atomic E-state index is 0.299. The summed E-state index contributed by atoms with van der Waals surface area (Å²) in [5, 5.41) is 0. The maximum absolute atomic E-state index is 6.04. The number of rotatable bonds is 4. The predicted octanol–water partition coefficient (Wildman–Crippen LogP) is 3.19. The van der Waals surface area contributed by atoms with Crippen LogP contribution in [-0.4, -0.2) is 19.1 Å². The summed E-state index contributed by atoms with van der Waals surface area (Å²) in [5.41, 5.74) is 8.46. The molecule has 1 atom stereocenters. The summed E-state index contributed by atoms with van der Waals surface area (Å²) < 4.78 is 5.81. The van der Waals surface area contributed by atoms with Crippen LogP contribution in [0.3, 0.4) is 0 Å². The molecular weight excluding hydrogens is 260 g/mol. The van der Waals surface area contributed by atoms with E-state index in [1.54, 1.807) is 0 Å². The zero-order valence-corrected chi connectivity index (χ0v) is 12.2. The van der Waals surface area contributed by atoms with Gasteiger partial charge in [0, 0.05) is 24.8 Å². The van der Waals surface area contributed by atoms with Crippen molar-refractivity contribution in [2.45, 2.75) is 25.5 Å². The average Bonchev–Trinajstić information content (AvgIpc) is 2.54. The number of piperidine rings is 1. The molecule has 0 aliphatic carbocycles. The first-order valence-electron chi connectivity index (χ1n) is 7.58. The fourth-order valence-electron chi connectivity index (χ4n) is 2.74. The molecule has 2 aromatic rings. The van der Waals surface area contributed by atoms with Crippen LogP contribution in [0, 0.1) is 0 Å². The van der Waals surface area contributed by atoms with Gasteiger partial charge < -0.3 is 15.4 Å². The normalized spacial score (nSPS) is 18.5. The minimum Gasteiger partial charge on any atom is -0.489 e. The molecule has 0 amide bonds. The molecule has 0 bridgehead atoms. The number of ether oxygens (including phenoxy) is 1. The van der Waals surface area contributed by atoms with Crippen LogP contribution in [0.5, 0.6) is 5.75 Å². The molecule has 2 N–H and O–H groups in total. The number of benzene rings is 2. The van der Waals surface area contributed by atoms with Crippen molar-refractivity contribution in [3.63, 3.8) is 0 Å². The van der Waals surface area contributed by atoms with E-state index in [0.717, 1.165) is 25.3 Å². The van der Waals surface area contributed by atoms with Gasteiger partial charge in [-0.25, -0.2) is 0 Å². The zero-order chi connectivity index (χ0) is 14.5. The van der Waals surface area contributed by atoms with E-state index in [-0.39, 0.29) is 0 Å². The Morgan fingerprint density at radius 3 is 2.52 bits per heavy atom. The van der Waals surface area contributed by atoms with Crippen LogP contribution in [-0.2, 0) is 6.61 Å². The second-order valence-electron chi connectivity index (χ2n) is 5.62. The lowest BCUT2D eigenvalue weighted by molar-refractivity contribution is 0.306. The van der Waals surface area contributed by atoms with Crippen molar-refractivity contribution in [1.29, 1.82) is 0 Å². The van der Waals surface area contributed by atoms with Crippen molar-refractivity contribution >= 4 is 5.69 Å². The third-order valence-corrected chi connectivity index (χ3v) is 3.91. The van der Waals surface area contributed by atoms with E-state index in [9.17, 15) is 0 Å². The summed E-state index contributed by atoms with van der Waals surface area (Å²) >= 11 is 0. The van der Waals surface area contributed by atoms with Gasteiger partial charge in [0.25, 0.3) is 0 Å². The Kier molecular flexibility index (Phi) is 4.41. The van der Waals surface area contributed by atoms with Gasteiger partial charge in [-0.1, -0.05) is 30.3 Å². The number of hydrogen-bond donors (Lipinski definition) is 1. The Balaban J connectivity index is 1.59. The van der Waals surface area contributed by atoms with Crippen LogP contribution in [0.15, 0.2) is 54.6 Å². The van der Waals surface area contributed by atoms with Crippen molar-refractivity contribution in [2.75, 3.05) is 18.0 Å². The molecule has 1 aliphatic rings. The van der Waals surface area contributed by atoms with Crippen LogP contribution in [0.4, 0.5) is 5.69 Å². The largest absolute Gasteiger partial charge is 0.489 e. The summed E-state index contributed by atoms with van der Waals surface area (Å²) in [5.74, 6) is 0.906.